The van der Waals surface area contributed by atoms with E-state index in [0.717, 1.165) is 44.6 Å². The van der Waals surface area contributed by atoms with Crippen molar-refractivity contribution < 1.29 is 61.6 Å². The van der Waals surface area contributed by atoms with Gasteiger partial charge in [0, 0.05) is 0 Å². The maximum atomic E-state index is 12.7. The Kier molecular flexibility index (Phi) is 20.6. The van der Waals surface area contributed by atoms with E-state index in [4.69, 9.17) is 9.47 Å². The Morgan fingerprint density at radius 2 is 1.24 bits per heavy atom. The third kappa shape index (κ3) is 15.5. The van der Waals surface area contributed by atoms with Crippen molar-refractivity contribution in [1.29, 1.82) is 0 Å². The summed E-state index contributed by atoms with van der Waals surface area (Å²) in [6.07, 6.45) is 20.4. The molecule has 0 heterocycles. The van der Waals surface area contributed by atoms with Crippen LogP contribution in [0.25, 0.3) is 0 Å². The normalized spacial score (nSPS) is 11.5. The van der Waals surface area contributed by atoms with Gasteiger partial charge >= 0.3 is 41.5 Å². The van der Waals surface area contributed by atoms with Crippen molar-refractivity contribution in [3.8, 4) is 0 Å². The standard InChI is InChI=1S/C28H42O7S.Na/c1-3-5-7-9-11-13-15-17-22-34-27(29)24-20-19-21-25(36(31,32)33)26(24)28(30)35-23-18-16-14-12-10-8-6-4-2;/h15-21H,3-14,22-23H2,1-2H3,(H,31,32,33);/q;+1/p-1/b17-15+,18-16+;. The molecule has 0 saturated carbocycles. The van der Waals surface area contributed by atoms with Crippen LogP contribution in [0.15, 0.2) is 47.4 Å². The van der Waals surface area contributed by atoms with Crippen molar-refractivity contribution in [1.82, 2.24) is 0 Å². The van der Waals surface area contributed by atoms with Gasteiger partial charge in [-0.3, -0.25) is 0 Å². The van der Waals surface area contributed by atoms with E-state index in [9.17, 15) is 22.6 Å². The first-order chi connectivity index (χ1) is 17.3. The van der Waals surface area contributed by atoms with Gasteiger partial charge in [0.2, 0.25) is 0 Å². The molecule has 0 atom stereocenters. The molecule has 0 aromatic heterocycles. The molecule has 0 N–H and O–H groups in total. The molecule has 0 aliphatic rings. The number of esters is 2. The minimum absolute atomic E-state index is 0. The first-order valence-electron chi connectivity index (χ1n) is 13.1. The SMILES string of the molecule is CCCCCCC/C=C/COC(=O)c1cccc(S(=O)(=O)[O-])c1C(=O)OC/C=C/CCCCCCC.[Na+]. The summed E-state index contributed by atoms with van der Waals surface area (Å²) in [5.74, 6) is -1.96. The molecular formula is C28H41NaO7S. The van der Waals surface area contributed by atoms with Crippen LogP contribution in [0.2, 0.25) is 0 Å². The zero-order valence-corrected chi connectivity index (χ0v) is 25.5. The second-order valence-corrected chi connectivity index (χ2v) is 10.0. The molecule has 202 valence electrons. The second-order valence-electron chi connectivity index (χ2n) is 8.68. The Labute approximate surface area is 245 Å². The molecule has 1 aromatic carbocycles. The third-order valence-electron chi connectivity index (χ3n) is 5.62. The van der Waals surface area contributed by atoms with E-state index in [0.29, 0.717) is 0 Å². The summed E-state index contributed by atoms with van der Waals surface area (Å²) in [5.41, 5.74) is -0.907. The summed E-state index contributed by atoms with van der Waals surface area (Å²) >= 11 is 0. The van der Waals surface area contributed by atoms with Gasteiger partial charge in [-0.1, -0.05) is 95.6 Å². The minimum atomic E-state index is -5.02. The Balaban J connectivity index is 0.0000130. The molecule has 0 saturated heterocycles. The number of rotatable bonds is 19. The molecule has 0 bridgehead atoms. The maximum absolute atomic E-state index is 12.7. The Bertz CT molecular complexity index is 955. The molecule has 0 unspecified atom stereocenters. The number of unbranched alkanes of at least 4 members (excludes halogenated alkanes) is 10. The quantitative estimate of drug-likeness (QED) is 0.0858. The molecule has 0 fully saturated rings. The first-order valence-corrected chi connectivity index (χ1v) is 14.5. The Morgan fingerprint density at radius 3 is 1.73 bits per heavy atom. The number of benzene rings is 1. The van der Waals surface area contributed by atoms with E-state index in [1.54, 1.807) is 12.2 Å². The van der Waals surface area contributed by atoms with Gasteiger partial charge in [0.05, 0.1) is 16.0 Å². The number of hydrogen-bond donors (Lipinski definition) is 0. The molecule has 1 rings (SSSR count). The summed E-state index contributed by atoms with van der Waals surface area (Å²) in [7, 11) is -5.02. The summed E-state index contributed by atoms with van der Waals surface area (Å²) in [5, 5.41) is 0. The van der Waals surface area contributed by atoms with Gasteiger partial charge in [0.15, 0.2) is 0 Å². The zero-order chi connectivity index (χ0) is 26.7. The number of carbonyl (C=O) groups is 2. The van der Waals surface area contributed by atoms with Gasteiger partial charge < -0.3 is 14.0 Å². The predicted octanol–water partition coefficient (Wildman–Crippen LogP) is 3.74. The van der Waals surface area contributed by atoms with Crippen molar-refractivity contribution in [2.24, 2.45) is 0 Å². The topological polar surface area (TPSA) is 110 Å². The van der Waals surface area contributed by atoms with Gasteiger partial charge in [-0.25, -0.2) is 18.0 Å². The smallest absolute Gasteiger partial charge is 0.744 e. The summed E-state index contributed by atoms with van der Waals surface area (Å²) in [6.45, 7) is 4.19. The first kappa shape index (κ1) is 35.5. The fraction of sp³-hybridized carbons (Fsp3) is 0.571. The second kappa shape index (κ2) is 21.5. The van der Waals surface area contributed by atoms with Crippen LogP contribution in [0.5, 0.6) is 0 Å². The number of carbonyl (C=O) groups excluding carboxylic acids is 2. The molecule has 9 heteroatoms. The number of hydrogen-bond acceptors (Lipinski definition) is 7. The van der Waals surface area contributed by atoms with Gasteiger partial charge in [-0.15, -0.1) is 0 Å². The predicted molar refractivity (Wildman–Crippen MR) is 140 cm³/mol. The third-order valence-corrected chi connectivity index (χ3v) is 6.50. The maximum Gasteiger partial charge on any atom is 1.00 e. The van der Waals surface area contributed by atoms with E-state index < -0.39 is 32.5 Å². The Morgan fingerprint density at radius 1 is 0.757 bits per heavy atom. The fourth-order valence-corrected chi connectivity index (χ4v) is 4.31. The Hall–Kier alpha value is -1.45. The van der Waals surface area contributed by atoms with Crippen LogP contribution in [0, 0.1) is 0 Å². The molecule has 0 amide bonds. The van der Waals surface area contributed by atoms with Crippen LogP contribution >= 0.6 is 0 Å². The van der Waals surface area contributed by atoms with Crippen molar-refractivity contribution in [3.63, 3.8) is 0 Å². The average molecular weight is 545 g/mol. The molecule has 37 heavy (non-hydrogen) atoms. The molecule has 0 aliphatic heterocycles. The number of ether oxygens (including phenoxy) is 2. The van der Waals surface area contributed by atoms with Crippen LogP contribution in [0.3, 0.4) is 0 Å². The van der Waals surface area contributed by atoms with Crippen LogP contribution in [-0.4, -0.2) is 38.1 Å². The molecule has 1 aromatic rings. The molecule has 7 nitrogen and oxygen atoms in total. The van der Waals surface area contributed by atoms with Crippen LogP contribution in [0.1, 0.15) is 112 Å². The zero-order valence-electron chi connectivity index (χ0n) is 22.7. The van der Waals surface area contributed by atoms with Gasteiger partial charge in [0.25, 0.3) is 0 Å². The van der Waals surface area contributed by atoms with E-state index in [2.05, 4.69) is 13.8 Å². The van der Waals surface area contributed by atoms with Crippen molar-refractivity contribution in [2.45, 2.75) is 95.8 Å². The average Bonchev–Trinajstić information content (AvgIpc) is 2.85. The van der Waals surface area contributed by atoms with Crippen LogP contribution < -0.4 is 29.6 Å². The van der Waals surface area contributed by atoms with Gasteiger partial charge in [-0.2, -0.15) is 0 Å². The van der Waals surface area contributed by atoms with Crippen molar-refractivity contribution in [2.75, 3.05) is 13.2 Å². The molecule has 0 aliphatic carbocycles. The van der Waals surface area contributed by atoms with Crippen molar-refractivity contribution >= 4 is 22.1 Å². The summed E-state index contributed by atoms with van der Waals surface area (Å²) in [6, 6.07) is 3.46. The summed E-state index contributed by atoms with van der Waals surface area (Å²) < 4.78 is 45.6. The molecule has 0 radical (unpaired) electrons. The summed E-state index contributed by atoms with van der Waals surface area (Å²) in [4.78, 5) is 24.5. The van der Waals surface area contributed by atoms with Gasteiger partial charge in [-0.05, 0) is 37.8 Å². The number of allylic oxidation sites excluding steroid dienone is 2. The van der Waals surface area contributed by atoms with E-state index >= 15 is 0 Å². The minimum Gasteiger partial charge on any atom is -0.744 e. The van der Waals surface area contributed by atoms with Gasteiger partial charge in [0.1, 0.15) is 23.3 Å². The van der Waals surface area contributed by atoms with E-state index in [1.165, 1.54) is 50.7 Å². The monoisotopic (exact) mass is 544 g/mol. The van der Waals surface area contributed by atoms with Crippen LogP contribution in [-0.2, 0) is 19.6 Å². The van der Waals surface area contributed by atoms with Crippen LogP contribution in [0.4, 0.5) is 0 Å². The molecular weight excluding hydrogens is 503 g/mol. The van der Waals surface area contributed by atoms with E-state index in [-0.39, 0.29) is 48.3 Å². The fourth-order valence-electron chi connectivity index (χ4n) is 3.62. The van der Waals surface area contributed by atoms with E-state index in [1.807, 2.05) is 12.2 Å². The largest absolute Gasteiger partial charge is 1.00 e. The van der Waals surface area contributed by atoms with Crippen molar-refractivity contribution in [3.05, 3.63) is 53.6 Å². The molecule has 0 spiro atoms.